The van der Waals surface area contributed by atoms with Crippen molar-refractivity contribution in [3.8, 4) is 0 Å². The van der Waals surface area contributed by atoms with Crippen LogP contribution in [0, 0.1) is 6.92 Å². The molecule has 0 aliphatic carbocycles. The van der Waals surface area contributed by atoms with Crippen LogP contribution in [0.4, 0.5) is 0 Å². The van der Waals surface area contributed by atoms with E-state index in [-0.39, 0.29) is 29.4 Å². The van der Waals surface area contributed by atoms with E-state index in [1.807, 2.05) is 20.0 Å². The molecule has 0 aliphatic heterocycles. The molecule has 0 radical (unpaired) electrons. The maximum absolute atomic E-state index is 12.4. The fraction of sp³-hybridized carbons (Fsp3) is 0.357. The Hall–Kier alpha value is -1.92. The van der Waals surface area contributed by atoms with Crippen LogP contribution >= 0.6 is 12.4 Å². The van der Waals surface area contributed by atoms with Crippen molar-refractivity contribution >= 4 is 24.0 Å². The van der Waals surface area contributed by atoms with Crippen LogP contribution in [0.5, 0.6) is 0 Å². The first-order chi connectivity index (χ1) is 9.54. The fourth-order valence-electron chi connectivity index (χ4n) is 1.92. The molecule has 0 atom stereocenters. The van der Waals surface area contributed by atoms with Gasteiger partial charge in [-0.05, 0) is 25.6 Å². The van der Waals surface area contributed by atoms with Crippen molar-refractivity contribution in [2.45, 2.75) is 6.92 Å². The maximum Gasteiger partial charge on any atom is 0.270 e. The summed E-state index contributed by atoms with van der Waals surface area (Å²) in [5.41, 5.74) is 1.23. The lowest BCUT2D eigenvalue weighted by Crippen LogP contribution is -2.36. The van der Waals surface area contributed by atoms with E-state index in [2.05, 4.69) is 10.3 Å². The smallest absolute Gasteiger partial charge is 0.270 e. The van der Waals surface area contributed by atoms with E-state index in [0.29, 0.717) is 18.7 Å². The summed E-state index contributed by atoms with van der Waals surface area (Å²) in [5, 5.41) is 2.96. The highest BCUT2D eigenvalue weighted by Gasteiger charge is 2.17. The molecule has 114 valence electrons. The lowest BCUT2D eigenvalue weighted by atomic mass is 10.2. The molecule has 2 aromatic rings. The van der Waals surface area contributed by atoms with Crippen molar-refractivity contribution in [3.05, 3.63) is 46.0 Å². The zero-order valence-electron chi connectivity index (χ0n) is 12.3. The number of nitrogens with one attached hydrogen (secondary N) is 1. The molecule has 0 saturated carbocycles. The van der Waals surface area contributed by atoms with Crippen molar-refractivity contribution in [1.82, 2.24) is 19.6 Å². The van der Waals surface area contributed by atoms with Crippen LogP contribution in [-0.2, 0) is 0 Å². The minimum absolute atomic E-state index is 0. The number of halogens is 1. The lowest BCUT2D eigenvalue weighted by Gasteiger charge is -2.16. The van der Waals surface area contributed by atoms with Gasteiger partial charge in [0.2, 0.25) is 0 Å². The third-order valence-corrected chi connectivity index (χ3v) is 3.12. The summed E-state index contributed by atoms with van der Waals surface area (Å²) < 4.78 is 1.41. The van der Waals surface area contributed by atoms with Gasteiger partial charge >= 0.3 is 0 Å². The number of amides is 1. The second-order valence-electron chi connectivity index (χ2n) is 4.74. The molecule has 0 aliphatic rings. The Morgan fingerprint density at radius 3 is 2.81 bits per heavy atom. The normalized spacial score (nSPS) is 10.2. The van der Waals surface area contributed by atoms with Gasteiger partial charge in [-0.25, -0.2) is 4.98 Å². The largest absolute Gasteiger partial charge is 0.340 e. The summed E-state index contributed by atoms with van der Waals surface area (Å²) in [6, 6.07) is 3.64. The molecule has 0 bridgehead atoms. The highest BCUT2D eigenvalue weighted by molar-refractivity contribution is 5.93. The van der Waals surface area contributed by atoms with Crippen molar-refractivity contribution in [2.75, 3.05) is 27.2 Å². The highest BCUT2D eigenvalue weighted by atomic mass is 35.5. The van der Waals surface area contributed by atoms with E-state index in [1.165, 1.54) is 15.5 Å². The van der Waals surface area contributed by atoms with Crippen molar-refractivity contribution in [2.24, 2.45) is 0 Å². The number of likely N-dealkylation sites (N-methyl/N-ethyl adjacent to an activating group) is 2. The number of aryl methyl sites for hydroxylation is 1. The van der Waals surface area contributed by atoms with Gasteiger partial charge < -0.3 is 10.2 Å². The second kappa shape index (κ2) is 7.19. The number of hydrogen-bond donors (Lipinski definition) is 1. The Labute approximate surface area is 129 Å². The number of nitrogens with zero attached hydrogens (tertiary/aromatic N) is 3. The van der Waals surface area contributed by atoms with Gasteiger partial charge in [-0.15, -0.1) is 12.4 Å². The molecule has 2 heterocycles. The number of carbonyl (C=O) groups is 1. The van der Waals surface area contributed by atoms with Crippen LogP contribution in [0.1, 0.15) is 15.9 Å². The molecule has 0 aromatic carbocycles. The maximum atomic E-state index is 12.4. The Balaban J connectivity index is 0.00000220. The van der Waals surface area contributed by atoms with Gasteiger partial charge in [0.15, 0.2) is 0 Å². The lowest BCUT2D eigenvalue weighted by molar-refractivity contribution is 0.0794. The second-order valence-corrected chi connectivity index (χ2v) is 4.74. The molecule has 0 fully saturated rings. The Kier molecular flexibility index (Phi) is 5.87. The molecule has 0 spiro atoms. The van der Waals surface area contributed by atoms with E-state index in [0.717, 1.165) is 5.56 Å². The summed E-state index contributed by atoms with van der Waals surface area (Å²) in [6.07, 6.45) is 3.04. The molecule has 6 nitrogen and oxygen atoms in total. The quantitative estimate of drug-likeness (QED) is 0.903. The van der Waals surface area contributed by atoms with E-state index < -0.39 is 0 Å². The number of fused-ring (bicyclic) bond motifs is 1. The molecule has 0 unspecified atom stereocenters. The standard InChI is InChI=1S/C14H18N4O2.ClH/c1-10-4-5-12-16-8-11(14(20)18(12)9-10)13(19)17(3)7-6-15-2;/h4-5,8-9,15H,6-7H2,1-3H3;1H. The van der Waals surface area contributed by atoms with Crippen LogP contribution in [-0.4, -0.2) is 47.4 Å². The predicted molar refractivity (Wildman–Crippen MR) is 84.3 cm³/mol. The molecule has 21 heavy (non-hydrogen) atoms. The van der Waals surface area contributed by atoms with E-state index in [1.54, 1.807) is 19.3 Å². The van der Waals surface area contributed by atoms with Crippen molar-refractivity contribution < 1.29 is 4.79 Å². The monoisotopic (exact) mass is 310 g/mol. The van der Waals surface area contributed by atoms with Crippen molar-refractivity contribution in [1.29, 1.82) is 0 Å². The highest BCUT2D eigenvalue weighted by Crippen LogP contribution is 2.03. The topological polar surface area (TPSA) is 66.7 Å². The Bertz CT molecular complexity index is 699. The first kappa shape index (κ1) is 17.1. The average molecular weight is 311 g/mol. The number of rotatable bonds is 4. The first-order valence-electron chi connectivity index (χ1n) is 6.42. The number of hydrogen-bond acceptors (Lipinski definition) is 4. The molecule has 0 saturated heterocycles. The molecule has 1 amide bonds. The molecule has 2 aromatic heterocycles. The third kappa shape index (κ3) is 3.59. The van der Waals surface area contributed by atoms with Gasteiger partial charge in [-0.2, -0.15) is 0 Å². The molecule has 7 heteroatoms. The number of carbonyl (C=O) groups excluding carboxylic acids is 1. The zero-order chi connectivity index (χ0) is 14.7. The fourth-order valence-corrected chi connectivity index (χ4v) is 1.92. The van der Waals surface area contributed by atoms with E-state index in [9.17, 15) is 9.59 Å². The zero-order valence-corrected chi connectivity index (χ0v) is 13.1. The minimum Gasteiger partial charge on any atom is -0.340 e. The van der Waals surface area contributed by atoms with Crippen LogP contribution in [0.25, 0.3) is 5.65 Å². The summed E-state index contributed by atoms with van der Waals surface area (Å²) in [5.74, 6) is -0.311. The minimum atomic E-state index is -0.333. The Morgan fingerprint density at radius 2 is 2.14 bits per heavy atom. The summed E-state index contributed by atoms with van der Waals surface area (Å²) in [6.45, 7) is 3.09. The summed E-state index contributed by atoms with van der Waals surface area (Å²) in [7, 11) is 3.48. The SMILES string of the molecule is CNCCN(C)C(=O)c1cnc2ccc(C)cn2c1=O.Cl. The predicted octanol–water partition coefficient (Wildman–Crippen LogP) is 0.716. The van der Waals surface area contributed by atoms with Gasteiger partial charge in [0.25, 0.3) is 11.5 Å². The van der Waals surface area contributed by atoms with Crippen LogP contribution < -0.4 is 10.9 Å². The van der Waals surface area contributed by atoms with Crippen LogP contribution in [0.2, 0.25) is 0 Å². The average Bonchev–Trinajstić information content (AvgIpc) is 2.45. The van der Waals surface area contributed by atoms with Gasteiger partial charge in [-0.1, -0.05) is 6.07 Å². The molecule has 2 rings (SSSR count). The number of pyridine rings is 1. The van der Waals surface area contributed by atoms with Crippen molar-refractivity contribution in [3.63, 3.8) is 0 Å². The van der Waals surface area contributed by atoms with Gasteiger partial charge in [-0.3, -0.25) is 14.0 Å². The Morgan fingerprint density at radius 1 is 1.43 bits per heavy atom. The van der Waals surface area contributed by atoms with Gasteiger partial charge in [0.05, 0.1) is 0 Å². The van der Waals surface area contributed by atoms with Crippen LogP contribution in [0.3, 0.4) is 0 Å². The summed E-state index contributed by atoms with van der Waals surface area (Å²) in [4.78, 5) is 30.3. The number of aromatic nitrogens is 2. The van der Waals surface area contributed by atoms with Crippen LogP contribution in [0.15, 0.2) is 29.3 Å². The molecular weight excluding hydrogens is 292 g/mol. The van der Waals surface area contributed by atoms with E-state index in [4.69, 9.17) is 0 Å². The van der Waals surface area contributed by atoms with Gasteiger partial charge in [0.1, 0.15) is 11.2 Å². The summed E-state index contributed by atoms with van der Waals surface area (Å²) >= 11 is 0. The van der Waals surface area contributed by atoms with Gasteiger partial charge in [0, 0.05) is 32.5 Å². The third-order valence-electron chi connectivity index (χ3n) is 3.12. The molecular formula is C14H19ClN4O2. The first-order valence-corrected chi connectivity index (χ1v) is 6.42. The molecule has 1 N–H and O–H groups in total. The van der Waals surface area contributed by atoms with E-state index >= 15 is 0 Å².